The van der Waals surface area contributed by atoms with E-state index in [0.717, 1.165) is 12.1 Å². The Morgan fingerprint density at radius 1 is 0.846 bits per heavy atom. The number of carbonyl (C=O) groups excluding carboxylic acids is 2. The van der Waals surface area contributed by atoms with Crippen molar-refractivity contribution in [1.29, 1.82) is 5.41 Å². The Labute approximate surface area is 223 Å². The summed E-state index contributed by atoms with van der Waals surface area (Å²) in [5.74, 6) is -2.13. The number of hydrazone groups is 2. The summed E-state index contributed by atoms with van der Waals surface area (Å²) in [6.45, 7) is 0. The molecule has 3 aromatic carbocycles. The monoisotopic (exact) mass is 549 g/mol. The summed E-state index contributed by atoms with van der Waals surface area (Å²) in [6.07, 6.45) is -1.11. The minimum Gasteiger partial charge on any atom is -0.461 e. The van der Waals surface area contributed by atoms with E-state index in [1.807, 2.05) is 0 Å². The average molecular weight is 550 g/mol. The van der Waals surface area contributed by atoms with Crippen LogP contribution >= 0.6 is 11.6 Å². The molecule has 0 spiro atoms. The molecule has 15 heteroatoms. The fourth-order valence-electron chi connectivity index (χ4n) is 3.46. The minimum absolute atomic E-state index is 0.0608. The summed E-state index contributed by atoms with van der Waals surface area (Å²) in [6, 6.07) is 16.4. The third kappa shape index (κ3) is 5.91. The molecule has 4 rings (SSSR count). The Bertz CT molecular complexity index is 1590. The smallest absolute Gasteiger partial charge is 0.271 e. The highest BCUT2D eigenvalue weighted by Gasteiger charge is 2.38. The molecule has 1 aliphatic rings. The molecule has 2 amide bonds. The third-order valence-corrected chi connectivity index (χ3v) is 5.66. The fraction of sp³-hybridized carbons (Fsp3) is 0.0417. The lowest BCUT2D eigenvalue weighted by atomic mass is 10.0. The van der Waals surface area contributed by atoms with Crippen LogP contribution in [0.15, 0.2) is 83.0 Å². The fourth-order valence-corrected chi connectivity index (χ4v) is 3.69. The first-order valence-corrected chi connectivity index (χ1v) is 11.3. The topological polar surface area (TPSA) is 202 Å². The van der Waals surface area contributed by atoms with Gasteiger partial charge < -0.3 is 4.74 Å². The van der Waals surface area contributed by atoms with Crippen molar-refractivity contribution < 1.29 is 24.2 Å². The van der Waals surface area contributed by atoms with Crippen LogP contribution in [0.5, 0.6) is 0 Å². The first kappa shape index (κ1) is 26.6. The van der Waals surface area contributed by atoms with Crippen molar-refractivity contribution in [2.24, 2.45) is 10.2 Å². The molecule has 1 fully saturated rings. The number of nitro groups is 2. The summed E-state index contributed by atoms with van der Waals surface area (Å²) in [7, 11) is 0. The highest BCUT2D eigenvalue weighted by molar-refractivity contribution is 6.69. The summed E-state index contributed by atoms with van der Waals surface area (Å²) >= 11 is 6.30. The second-order valence-corrected chi connectivity index (χ2v) is 8.21. The summed E-state index contributed by atoms with van der Waals surface area (Å²) < 4.78 is 5.59. The Balaban J connectivity index is 1.66. The van der Waals surface area contributed by atoms with Crippen LogP contribution < -0.4 is 10.9 Å². The maximum Gasteiger partial charge on any atom is 0.271 e. The van der Waals surface area contributed by atoms with E-state index in [1.165, 1.54) is 36.4 Å². The Morgan fingerprint density at radius 3 is 1.92 bits per heavy atom. The molecule has 14 nitrogen and oxygen atoms in total. The Hall–Kier alpha value is -5.50. The average Bonchev–Trinajstić information content (AvgIpc) is 3.25. The standard InChI is InChI=1S/C24H16ClN7O7/c25-18-10-2-1-9-17(18)21-19(27-29-23(33)13-5-3-7-15(11-13)31(35)36)20(22(26)39-21)28-30-24(34)14-6-4-8-16(12-14)32(37)38/h1-12,21,26H,(H,29,33)(H,30,34). The summed E-state index contributed by atoms with van der Waals surface area (Å²) in [5, 5.41) is 38.5. The number of benzene rings is 3. The van der Waals surface area contributed by atoms with E-state index in [4.69, 9.17) is 21.7 Å². The SMILES string of the molecule is N=C1OC(c2ccccc2Cl)C(=NNC(=O)c2cccc([N+](=O)[O-])c2)C1=NNC(=O)c1cccc([N+](=O)[O-])c1. The second kappa shape index (κ2) is 11.3. The van der Waals surface area contributed by atoms with E-state index in [2.05, 4.69) is 21.1 Å². The van der Waals surface area contributed by atoms with Crippen molar-refractivity contribution in [2.45, 2.75) is 6.10 Å². The maximum absolute atomic E-state index is 12.7. The third-order valence-electron chi connectivity index (χ3n) is 5.31. The molecule has 3 N–H and O–H groups in total. The molecule has 0 saturated carbocycles. The molecule has 3 aromatic rings. The van der Waals surface area contributed by atoms with Crippen molar-refractivity contribution in [3.63, 3.8) is 0 Å². The van der Waals surface area contributed by atoms with Crippen LogP contribution in [0, 0.1) is 25.6 Å². The van der Waals surface area contributed by atoms with Crippen molar-refractivity contribution in [2.75, 3.05) is 0 Å². The predicted octanol–water partition coefficient (Wildman–Crippen LogP) is 3.78. The van der Waals surface area contributed by atoms with Crippen LogP contribution in [0.25, 0.3) is 0 Å². The highest BCUT2D eigenvalue weighted by atomic mass is 35.5. The number of rotatable bonds is 7. The van der Waals surface area contributed by atoms with E-state index in [9.17, 15) is 29.8 Å². The molecule has 1 saturated heterocycles. The van der Waals surface area contributed by atoms with Gasteiger partial charge in [0, 0.05) is 46.0 Å². The molecule has 0 radical (unpaired) electrons. The molecule has 1 aliphatic heterocycles. The summed E-state index contributed by atoms with van der Waals surface area (Å²) in [5.41, 5.74) is 3.71. The van der Waals surface area contributed by atoms with Crippen molar-refractivity contribution in [3.05, 3.63) is 115 Å². The number of non-ortho nitro benzene ring substituents is 2. The zero-order chi connectivity index (χ0) is 28.1. The number of amides is 2. The van der Waals surface area contributed by atoms with Crippen LogP contribution in [0.3, 0.4) is 0 Å². The largest absolute Gasteiger partial charge is 0.461 e. The zero-order valence-corrected chi connectivity index (χ0v) is 20.3. The zero-order valence-electron chi connectivity index (χ0n) is 19.5. The van der Waals surface area contributed by atoms with Gasteiger partial charge in [0.1, 0.15) is 5.71 Å². The van der Waals surface area contributed by atoms with E-state index >= 15 is 0 Å². The quantitative estimate of drug-likeness (QED) is 0.293. The van der Waals surface area contributed by atoms with Gasteiger partial charge in [-0.25, -0.2) is 10.9 Å². The van der Waals surface area contributed by atoms with E-state index in [1.54, 1.807) is 24.3 Å². The number of nitrogens with one attached hydrogen (secondary N) is 3. The molecular weight excluding hydrogens is 534 g/mol. The van der Waals surface area contributed by atoms with E-state index in [-0.39, 0.29) is 38.9 Å². The molecule has 0 aromatic heterocycles. The predicted molar refractivity (Wildman–Crippen MR) is 139 cm³/mol. The first-order chi connectivity index (χ1) is 18.7. The first-order valence-electron chi connectivity index (χ1n) is 10.9. The number of hydrogen-bond acceptors (Lipinski definition) is 10. The lowest BCUT2D eigenvalue weighted by Gasteiger charge is -2.12. The molecule has 196 valence electrons. The van der Waals surface area contributed by atoms with Crippen LogP contribution in [0.1, 0.15) is 32.4 Å². The van der Waals surface area contributed by atoms with Gasteiger partial charge in [0.25, 0.3) is 23.2 Å². The maximum atomic E-state index is 12.7. The van der Waals surface area contributed by atoms with Crippen molar-refractivity contribution >= 4 is 52.1 Å². The highest BCUT2D eigenvalue weighted by Crippen LogP contribution is 2.31. The van der Waals surface area contributed by atoms with Gasteiger partial charge in [0.2, 0.25) is 5.90 Å². The van der Waals surface area contributed by atoms with Gasteiger partial charge >= 0.3 is 0 Å². The van der Waals surface area contributed by atoms with Crippen LogP contribution in [-0.2, 0) is 4.74 Å². The molecule has 39 heavy (non-hydrogen) atoms. The Kier molecular flexibility index (Phi) is 7.67. The number of nitro benzene ring substituents is 2. The lowest BCUT2D eigenvalue weighted by molar-refractivity contribution is -0.385. The van der Waals surface area contributed by atoms with Crippen LogP contribution in [0.4, 0.5) is 11.4 Å². The molecular formula is C24H16ClN7O7. The number of carbonyl (C=O) groups is 2. The van der Waals surface area contributed by atoms with Crippen molar-refractivity contribution in [3.8, 4) is 0 Å². The van der Waals surface area contributed by atoms with Gasteiger partial charge in [-0.3, -0.25) is 35.2 Å². The van der Waals surface area contributed by atoms with Gasteiger partial charge in [-0.1, -0.05) is 41.9 Å². The van der Waals surface area contributed by atoms with Crippen LogP contribution in [-0.4, -0.2) is 39.0 Å². The lowest BCUT2D eigenvalue weighted by Crippen LogP contribution is -2.28. The minimum atomic E-state index is -1.11. The number of nitrogens with zero attached hydrogens (tertiary/aromatic N) is 4. The van der Waals surface area contributed by atoms with Crippen LogP contribution in [0.2, 0.25) is 5.02 Å². The number of ether oxygens (including phenoxy) is 1. The van der Waals surface area contributed by atoms with Gasteiger partial charge in [-0.2, -0.15) is 10.2 Å². The van der Waals surface area contributed by atoms with Gasteiger partial charge in [-0.05, 0) is 18.2 Å². The van der Waals surface area contributed by atoms with Crippen molar-refractivity contribution in [1.82, 2.24) is 10.9 Å². The molecule has 1 atom stereocenters. The summed E-state index contributed by atoms with van der Waals surface area (Å²) in [4.78, 5) is 46.0. The van der Waals surface area contributed by atoms with Gasteiger partial charge in [-0.15, -0.1) is 0 Å². The molecule has 1 unspecified atom stereocenters. The Morgan fingerprint density at radius 2 is 1.38 bits per heavy atom. The molecule has 0 bridgehead atoms. The van der Waals surface area contributed by atoms with Gasteiger partial charge in [0.05, 0.1) is 9.85 Å². The van der Waals surface area contributed by atoms with E-state index in [0.29, 0.717) is 5.56 Å². The number of hydrogen-bond donors (Lipinski definition) is 3. The molecule has 1 heterocycles. The second-order valence-electron chi connectivity index (χ2n) is 7.80. The van der Waals surface area contributed by atoms with Gasteiger partial charge in [0.15, 0.2) is 11.8 Å². The number of halogens is 1. The molecule has 0 aliphatic carbocycles. The van der Waals surface area contributed by atoms with E-state index < -0.39 is 33.7 Å². The normalized spacial score (nSPS) is 16.5.